The lowest BCUT2D eigenvalue weighted by molar-refractivity contribution is -0.918. The van der Waals surface area contributed by atoms with Gasteiger partial charge in [-0.15, -0.1) is 0 Å². The van der Waals surface area contributed by atoms with E-state index in [0.717, 1.165) is 43.5 Å². The monoisotopic (exact) mass is 304 g/mol. The summed E-state index contributed by atoms with van der Waals surface area (Å²) in [7, 11) is 0. The van der Waals surface area contributed by atoms with Gasteiger partial charge in [-0.25, -0.2) is 0 Å². The van der Waals surface area contributed by atoms with Crippen molar-refractivity contribution < 1.29 is 9.32 Å². The lowest BCUT2D eigenvalue weighted by Crippen LogP contribution is -3.13. The van der Waals surface area contributed by atoms with Crippen LogP contribution in [0.3, 0.4) is 0 Å². The number of hydrogen-bond acceptors (Lipinski definition) is 3. The number of piperazine rings is 1. The van der Waals surface area contributed by atoms with Gasteiger partial charge in [0.05, 0.1) is 38.7 Å². The molecule has 21 heavy (non-hydrogen) atoms. The molecule has 1 saturated heterocycles. The van der Waals surface area contributed by atoms with Crippen molar-refractivity contribution >= 4 is 17.8 Å². The molecule has 0 saturated carbocycles. The number of quaternary nitrogens is 1. The predicted molar refractivity (Wildman–Crippen MR) is 83.7 cm³/mol. The number of nitrogens with zero attached hydrogens (tertiary/aromatic N) is 2. The Labute approximate surface area is 129 Å². The summed E-state index contributed by atoms with van der Waals surface area (Å²) >= 11 is 5.91. The molecule has 0 amide bonds. The number of furan rings is 1. The second kappa shape index (κ2) is 6.78. The van der Waals surface area contributed by atoms with Crippen molar-refractivity contribution in [2.45, 2.75) is 6.54 Å². The molecule has 1 fully saturated rings. The molecule has 3 rings (SSSR count). The maximum atomic E-state index is 5.91. The minimum atomic E-state index is 0.797. The summed E-state index contributed by atoms with van der Waals surface area (Å²) in [6, 6.07) is 11.9. The lowest BCUT2D eigenvalue weighted by Gasteiger charge is -2.30. The van der Waals surface area contributed by atoms with Gasteiger partial charge in [-0.1, -0.05) is 23.7 Å². The smallest absolute Gasteiger partial charge is 0.146 e. The van der Waals surface area contributed by atoms with Gasteiger partial charge in [0.2, 0.25) is 0 Å². The van der Waals surface area contributed by atoms with E-state index in [-0.39, 0.29) is 0 Å². The molecule has 0 radical (unpaired) electrons. The van der Waals surface area contributed by atoms with Gasteiger partial charge in [-0.2, -0.15) is 5.10 Å². The molecule has 1 aromatic carbocycles. The van der Waals surface area contributed by atoms with Crippen LogP contribution >= 0.6 is 11.6 Å². The topological polar surface area (TPSA) is 33.2 Å². The van der Waals surface area contributed by atoms with Crippen molar-refractivity contribution in [3.63, 3.8) is 0 Å². The Morgan fingerprint density at radius 2 is 1.95 bits per heavy atom. The zero-order valence-corrected chi connectivity index (χ0v) is 12.6. The van der Waals surface area contributed by atoms with Crippen molar-refractivity contribution in [2.24, 2.45) is 5.10 Å². The standard InChI is InChI=1S/C16H18ClN3O/c17-15-5-3-14(4-6-15)13-19-7-9-20(10-8-19)18-12-16-2-1-11-21-16/h1-6,11-12H,7-10,13H2/p+1/b18-12-. The minimum Gasteiger partial charge on any atom is -0.463 e. The third-order valence-corrected chi connectivity index (χ3v) is 3.96. The molecule has 0 bridgehead atoms. The van der Waals surface area contributed by atoms with E-state index in [9.17, 15) is 0 Å². The quantitative estimate of drug-likeness (QED) is 0.872. The summed E-state index contributed by atoms with van der Waals surface area (Å²) in [5.41, 5.74) is 1.34. The van der Waals surface area contributed by atoms with Crippen molar-refractivity contribution in [1.82, 2.24) is 5.01 Å². The highest BCUT2D eigenvalue weighted by Crippen LogP contribution is 2.08. The normalized spacial score (nSPS) is 16.7. The average molecular weight is 305 g/mol. The van der Waals surface area contributed by atoms with Crippen molar-refractivity contribution in [1.29, 1.82) is 0 Å². The van der Waals surface area contributed by atoms with E-state index < -0.39 is 0 Å². The minimum absolute atomic E-state index is 0.797. The van der Waals surface area contributed by atoms with Crippen molar-refractivity contribution in [3.8, 4) is 0 Å². The van der Waals surface area contributed by atoms with Gasteiger partial charge in [-0.3, -0.25) is 5.01 Å². The molecule has 0 atom stereocenters. The number of nitrogens with one attached hydrogen (secondary N) is 1. The van der Waals surface area contributed by atoms with Crippen LogP contribution in [0.15, 0.2) is 52.2 Å². The van der Waals surface area contributed by atoms with E-state index in [1.165, 1.54) is 5.56 Å². The third kappa shape index (κ3) is 4.09. The Kier molecular flexibility index (Phi) is 4.58. The first kappa shape index (κ1) is 14.2. The van der Waals surface area contributed by atoms with Crippen molar-refractivity contribution in [3.05, 3.63) is 59.0 Å². The lowest BCUT2D eigenvalue weighted by atomic mass is 10.2. The zero-order chi connectivity index (χ0) is 14.5. The van der Waals surface area contributed by atoms with E-state index in [4.69, 9.17) is 16.0 Å². The zero-order valence-electron chi connectivity index (χ0n) is 11.8. The Morgan fingerprint density at radius 1 is 1.19 bits per heavy atom. The molecule has 1 aliphatic heterocycles. The molecular weight excluding hydrogens is 286 g/mol. The van der Waals surface area contributed by atoms with Gasteiger partial charge in [0.25, 0.3) is 0 Å². The maximum absolute atomic E-state index is 5.91. The van der Waals surface area contributed by atoms with Crippen LogP contribution in [0.5, 0.6) is 0 Å². The summed E-state index contributed by atoms with van der Waals surface area (Å²) in [5, 5.41) is 7.36. The molecule has 1 N–H and O–H groups in total. The van der Waals surface area contributed by atoms with Crippen LogP contribution in [-0.4, -0.2) is 37.4 Å². The predicted octanol–water partition coefficient (Wildman–Crippen LogP) is 1.67. The molecular formula is C16H19ClN3O+. The van der Waals surface area contributed by atoms with Gasteiger partial charge < -0.3 is 9.32 Å². The summed E-state index contributed by atoms with van der Waals surface area (Å²) in [6.07, 6.45) is 3.44. The Morgan fingerprint density at radius 3 is 2.62 bits per heavy atom. The fourth-order valence-electron chi connectivity index (χ4n) is 2.50. The molecule has 0 spiro atoms. The first-order valence-electron chi connectivity index (χ1n) is 7.20. The molecule has 4 nitrogen and oxygen atoms in total. The van der Waals surface area contributed by atoms with E-state index in [1.807, 2.05) is 24.3 Å². The highest BCUT2D eigenvalue weighted by Gasteiger charge is 2.18. The maximum Gasteiger partial charge on any atom is 0.146 e. The first-order chi connectivity index (χ1) is 10.3. The van der Waals surface area contributed by atoms with Crippen molar-refractivity contribution in [2.75, 3.05) is 26.2 Å². The van der Waals surface area contributed by atoms with Crippen LogP contribution in [0.2, 0.25) is 5.02 Å². The van der Waals surface area contributed by atoms with Crippen LogP contribution < -0.4 is 4.90 Å². The Balaban J connectivity index is 1.47. The van der Waals surface area contributed by atoms with Crippen LogP contribution in [0.1, 0.15) is 11.3 Å². The molecule has 110 valence electrons. The van der Waals surface area contributed by atoms with Crippen LogP contribution in [0.25, 0.3) is 0 Å². The molecule has 2 heterocycles. The van der Waals surface area contributed by atoms with Gasteiger partial charge >= 0.3 is 0 Å². The highest BCUT2D eigenvalue weighted by molar-refractivity contribution is 6.30. The fourth-order valence-corrected chi connectivity index (χ4v) is 2.62. The molecule has 0 unspecified atom stereocenters. The third-order valence-electron chi connectivity index (χ3n) is 3.71. The van der Waals surface area contributed by atoms with Gasteiger partial charge in [-0.05, 0) is 24.3 Å². The first-order valence-corrected chi connectivity index (χ1v) is 7.58. The van der Waals surface area contributed by atoms with E-state index in [0.29, 0.717) is 0 Å². The molecule has 5 heteroatoms. The van der Waals surface area contributed by atoms with Crippen LogP contribution in [-0.2, 0) is 6.54 Å². The molecule has 2 aromatic rings. The number of benzene rings is 1. The molecule has 1 aliphatic rings. The van der Waals surface area contributed by atoms with Gasteiger partial charge in [0, 0.05) is 10.6 Å². The van der Waals surface area contributed by atoms with Gasteiger partial charge in [0.15, 0.2) is 0 Å². The number of hydrazone groups is 1. The van der Waals surface area contributed by atoms with E-state index in [2.05, 4.69) is 22.2 Å². The number of rotatable bonds is 4. The van der Waals surface area contributed by atoms with E-state index in [1.54, 1.807) is 17.4 Å². The number of hydrogen-bond donors (Lipinski definition) is 1. The summed E-state index contributed by atoms with van der Waals surface area (Å²) < 4.78 is 5.24. The fraction of sp³-hybridized carbons (Fsp3) is 0.312. The number of halogens is 1. The van der Waals surface area contributed by atoms with Crippen LogP contribution in [0.4, 0.5) is 0 Å². The largest absolute Gasteiger partial charge is 0.463 e. The Hall–Kier alpha value is -1.78. The highest BCUT2D eigenvalue weighted by atomic mass is 35.5. The molecule has 0 aliphatic carbocycles. The second-order valence-corrected chi connectivity index (χ2v) is 5.70. The summed E-state index contributed by atoms with van der Waals surface area (Å²) in [4.78, 5) is 1.58. The van der Waals surface area contributed by atoms with Crippen LogP contribution in [0, 0.1) is 0 Å². The summed E-state index contributed by atoms with van der Waals surface area (Å²) in [5.74, 6) is 0.797. The summed E-state index contributed by atoms with van der Waals surface area (Å²) in [6.45, 7) is 5.18. The van der Waals surface area contributed by atoms with Gasteiger partial charge in [0.1, 0.15) is 12.3 Å². The Bertz CT molecular complexity index is 572. The average Bonchev–Trinajstić information content (AvgIpc) is 3.02. The molecule has 1 aromatic heterocycles. The van der Waals surface area contributed by atoms with E-state index >= 15 is 0 Å². The second-order valence-electron chi connectivity index (χ2n) is 5.27. The SMILES string of the molecule is Clc1ccc(C[NH+]2CCN(/N=C\c3ccco3)CC2)cc1.